The molecule has 4 nitrogen and oxygen atoms in total. The number of halogens is 2. The second-order valence-corrected chi connectivity index (χ2v) is 6.19. The van der Waals surface area contributed by atoms with Crippen molar-refractivity contribution in [3.05, 3.63) is 47.0 Å². The van der Waals surface area contributed by atoms with E-state index in [0.29, 0.717) is 28.3 Å². The van der Waals surface area contributed by atoms with Crippen LogP contribution in [0.15, 0.2) is 36.9 Å². The maximum atomic E-state index is 6.20. The monoisotopic (exact) mass is 337 g/mol. The summed E-state index contributed by atoms with van der Waals surface area (Å²) < 4.78 is 5.81. The van der Waals surface area contributed by atoms with Gasteiger partial charge in [-0.1, -0.05) is 23.2 Å². The fraction of sp³-hybridized carbons (Fsp3) is 0.375. The summed E-state index contributed by atoms with van der Waals surface area (Å²) in [7, 11) is 0. The molecule has 1 saturated heterocycles. The van der Waals surface area contributed by atoms with Gasteiger partial charge in [0.25, 0.3) is 0 Å². The zero-order chi connectivity index (χ0) is 15.4. The first-order chi connectivity index (χ1) is 10.7. The standard InChI is InChI=1S/C16H17Cl2N3O/c17-13-9-19-5-1-15(13)21-7-3-12(4-8-21)11-22-16-2-6-20-10-14(16)18/h1-2,5-6,9-10,12H,3-4,7-8,11H2. The summed E-state index contributed by atoms with van der Waals surface area (Å²) in [6.07, 6.45) is 8.91. The van der Waals surface area contributed by atoms with Gasteiger partial charge >= 0.3 is 0 Å². The van der Waals surface area contributed by atoms with Crippen molar-refractivity contribution in [3.63, 3.8) is 0 Å². The largest absolute Gasteiger partial charge is 0.492 e. The Kier molecular flexibility index (Phi) is 5.01. The zero-order valence-electron chi connectivity index (χ0n) is 12.1. The predicted molar refractivity (Wildman–Crippen MR) is 88.9 cm³/mol. The van der Waals surface area contributed by atoms with Crippen LogP contribution in [0.3, 0.4) is 0 Å². The molecule has 0 aromatic carbocycles. The van der Waals surface area contributed by atoms with Crippen LogP contribution in [-0.4, -0.2) is 29.7 Å². The van der Waals surface area contributed by atoms with E-state index >= 15 is 0 Å². The van der Waals surface area contributed by atoms with Crippen molar-refractivity contribution in [1.82, 2.24) is 9.97 Å². The summed E-state index contributed by atoms with van der Waals surface area (Å²) in [6, 6.07) is 3.77. The van der Waals surface area contributed by atoms with Crippen molar-refractivity contribution >= 4 is 28.9 Å². The topological polar surface area (TPSA) is 38.2 Å². The quantitative estimate of drug-likeness (QED) is 0.842. The molecule has 0 N–H and O–H groups in total. The molecule has 3 rings (SSSR count). The molecule has 1 fully saturated rings. The number of anilines is 1. The van der Waals surface area contributed by atoms with Crippen molar-refractivity contribution in [2.45, 2.75) is 12.8 Å². The van der Waals surface area contributed by atoms with Crippen LogP contribution in [0, 0.1) is 5.92 Å². The Bertz CT molecular complexity index is 630. The van der Waals surface area contributed by atoms with Crippen molar-refractivity contribution in [3.8, 4) is 5.75 Å². The molecule has 2 aromatic heterocycles. The molecule has 116 valence electrons. The summed E-state index contributed by atoms with van der Waals surface area (Å²) in [5.74, 6) is 1.23. The maximum Gasteiger partial charge on any atom is 0.141 e. The fourth-order valence-electron chi connectivity index (χ4n) is 2.65. The molecule has 0 aliphatic carbocycles. The van der Waals surface area contributed by atoms with Gasteiger partial charge in [-0.3, -0.25) is 9.97 Å². The van der Waals surface area contributed by atoms with Crippen LogP contribution < -0.4 is 9.64 Å². The van der Waals surface area contributed by atoms with Crippen molar-refractivity contribution in [2.75, 3.05) is 24.6 Å². The van der Waals surface area contributed by atoms with E-state index < -0.39 is 0 Å². The van der Waals surface area contributed by atoms with Gasteiger partial charge in [0.2, 0.25) is 0 Å². The van der Waals surface area contributed by atoms with Crippen LogP contribution in [0.4, 0.5) is 5.69 Å². The minimum absolute atomic E-state index is 0.529. The summed E-state index contributed by atoms with van der Waals surface area (Å²) in [5.41, 5.74) is 1.06. The highest BCUT2D eigenvalue weighted by Crippen LogP contribution is 2.29. The molecule has 0 saturated carbocycles. The molecule has 0 radical (unpaired) electrons. The highest BCUT2D eigenvalue weighted by Gasteiger charge is 2.21. The van der Waals surface area contributed by atoms with Crippen molar-refractivity contribution in [1.29, 1.82) is 0 Å². The number of pyridine rings is 2. The van der Waals surface area contributed by atoms with E-state index in [-0.39, 0.29) is 0 Å². The van der Waals surface area contributed by atoms with Crippen LogP contribution in [0.5, 0.6) is 5.75 Å². The zero-order valence-corrected chi connectivity index (χ0v) is 13.6. The van der Waals surface area contributed by atoms with E-state index in [1.165, 1.54) is 0 Å². The number of ether oxygens (including phenoxy) is 1. The highest BCUT2D eigenvalue weighted by atomic mass is 35.5. The smallest absolute Gasteiger partial charge is 0.141 e. The van der Waals surface area contributed by atoms with Crippen molar-refractivity contribution in [2.24, 2.45) is 5.92 Å². The van der Waals surface area contributed by atoms with Gasteiger partial charge in [-0.15, -0.1) is 0 Å². The third-order valence-corrected chi connectivity index (χ3v) is 4.49. The molecule has 1 aliphatic rings. The highest BCUT2D eigenvalue weighted by molar-refractivity contribution is 6.33. The first kappa shape index (κ1) is 15.4. The Labute approximate surface area is 140 Å². The van der Waals surface area contributed by atoms with E-state index in [9.17, 15) is 0 Å². The first-order valence-electron chi connectivity index (χ1n) is 7.31. The average molecular weight is 338 g/mol. The van der Waals surface area contributed by atoms with E-state index in [0.717, 1.165) is 31.6 Å². The Balaban J connectivity index is 1.52. The second kappa shape index (κ2) is 7.16. The van der Waals surface area contributed by atoms with E-state index in [1.54, 1.807) is 30.9 Å². The number of hydrogen-bond acceptors (Lipinski definition) is 4. The predicted octanol–water partition coefficient (Wildman–Crippen LogP) is 4.08. The molecule has 0 atom stereocenters. The number of piperidine rings is 1. The third kappa shape index (κ3) is 3.62. The molecule has 0 spiro atoms. The molecule has 2 aromatic rings. The lowest BCUT2D eigenvalue weighted by Gasteiger charge is -2.33. The van der Waals surface area contributed by atoms with Gasteiger partial charge in [0.1, 0.15) is 10.8 Å². The molecule has 0 bridgehead atoms. The lowest BCUT2D eigenvalue weighted by molar-refractivity contribution is 0.223. The van der Waals surface area contributed by atoms with Crippen LogP contribution in [0.25, 0.3) is 0 Å². The number of nitrogens with zero attached hydrogens (tertiary/aromatic N) is 3. The first-order valence-corrected chi connectivity index (χ1v) is 8.06. The van der Waals surface area contributed by atoms with E-state index in [4.69, 9.17) is 27.9 Å². The second-order valence-electron chi connectivity index (χ2n) is 5.37. The molecule has 0 amide bonds. The van der Waals surface area contributed by atoms with Crippen LogP contribution in [0.2, 0.25) is 10.0 Å². The molecular formula is C16H17Cl2N3O. The molecule has 22 heavy (non-hydrogen) atoms. The average Bonchev–Trinajstić information content (AvgIpc) is 2.55. The molecule has 3 heterocycles. The lowest BCUT2D eigenvalue weighted by Crippen LogP contribution is -2.35. The lowest BCUT2D eigenvalue weighted by atomic mass is 9.97. The number of rotatable bonds is 4. The Hall–Kier alpha value is -1.52. The normalized spacial score (nSPS) is 15.8. The Morgan fingerprint density at radius 3 is 2.41 bits per heavy atom. The van der Waals surface area contributed by atoms with Gasteiger partial charge in [-0.25, -0.2) is 0 Å². The number of aromatic nitrogens is 2. The van der Waals surface area contributed by atoms with Crippen LogP contribution in [0.1, 0.15) is 12.8 Å². The van der Waals surface area contributed by atoms with Gasteiger partial charge in [-0.05, 0) is 24.8 Å². The van der Waals surface area contributed by atoms with Crippen molar-refractivity contribution < 1.29 is 4.74 Å². The van der Waals surface area contributed by atoms with Gasteiger partial charge in [0.05, 0.1) is 17.3 Å². The summed E-state index contributed by atoms with van der Waals surface area (Å²) in [6.45, 7) is 2.63. The van der Waals surface area contributed by atoms with E-state index in [2.05, 4.69) is 14.9 Å². The molecule has 1 aliphatic heterocycles. The summed E-state index contributed by atoms with van der Waals surface area (Å²) >= 11 is 12.2. The molecular weight excluding hydrogens is 321 g/mol. The van der Waals surface area contributed by atoms with E-state index in [1.807, 2.05) is 6.07 Å². The van der Waals surface area contributed by atoms with Gasteiger partial charge in [0.15, 0.2) is 0 Å². The molecule has 0 unspecified atom stereocenters. The van der Waals surface area contributed by atoms with Gasteiger partial charge in [0, 0.05) is 43.9 Å². The summed E-state index contributed by atoms with van der Waals surface area (Å²) in [4.78, 5) is 10.3. The SMILES string of the molecule is Clc1cnccc1OCC1CCN(c2ccncc2Cl)CC1. The Morgan fingerprint density at radius 2 is 1.73 bits per heavy atom. The van der Waals surface area contributed by atoms with Gasteiger partial charge in [-0.2, -0.15) is 0 Å². The van der Waals surface area contributed by atoms with Crippen LogP contribution >= 0.6 is 23.2 Å². The molecule has 6 heteroatoms. The maximum absolute atomic E-state index is 6.20. The minimum atomic E-state index is 0.529. The third-order valence-electron chi connectivity index (χ3n) is 3.92. The number of hydrogen-bond donors (Lipinski definition) is 0. The Morgan fingerprint density at radius 1 is 1.05 bits per heavy atom. The van der Waals surface area contributed by atoms with Crippen LogP contribution in [-0.2, 0) is 0 Å². The fourth-order valence-corrected chi connectivity index (χ4v) is 3.06. The summed E-state index contributed by atoms with van der Waals surface area (Å²) in [5, 5.41) is 1.27. The van der Waals surface area contributed by atoms with Gasteiger partial charge < -0.3 is 9.64 Å². The minimum Gasteiger partial charge on any atom is -0.492 e.